The lowest BCUT2D eigenvalue weighted by molar-refractivity contribution is 0.181. The number of rotatable bonds is 4. The summed E-state index contributed by atoms with van der Waals surface area (Å²) in [5.41, 5.74) is 3.82. The van der Waals surface area contributed by atoms with Crippen molar-refractivity contribution < 1.29 is 9.53 Å². The van der Waals surface area contributed by atoms with Gasteiger partial charge in [-0.1, -0.05) is 48.0 Å². The van der Waals surface area contributed by atoms with Gasteiger partial charge in [-0.3, -0.25) is 4.90 Å². The average Bonchev–Trinajstić information content (AvgIpc) is 2.69. The van der Waals surface area contributed by atoms with Crippen molar-refractivity contribution in [3.05, 3.63) is 65.2 Å². The van der Waals surface area contributed by atoms with Crippen molar-refractivity contribution in [3.63, 3.8) is 0 Å². The molecule has 5 nitrogen and oxygen atoms in total. The van der Waals surface area contributed by atoms with Crippen LogP contribution in [0.4, 0.5) is 4.79 Å². The van der Waals surface area contributed by atoms with E-state index in [9.17, 15) is 4.79 Å². The van der Waals surface area contributed by atoms with Gasteiger partial charge >= 0.3 is 6.03 Å². The van der Waals surface area contributed by atoms with E-state index >= 15 is 0 Å². The monoisotopic (exact) mass is 379 g/mol. The lowest BCUT2D eigenvalue weighted by Crippen LogP contribution is -2.52. The smallest absolute Gasteiger partial charge is 0.315 e. The van der Waals surface area contributed by atoms with Crippen LogP contribution in [0.3, 0.4) is 0 Å². The molecular formula is C23H29N3O2. The number of benzene rings is 2. The number of nitrogens with one attached hydrogen (secondary N) is 2. The number of amides is 2. The largest absolute Gasteiger partial charge is 0.491 e. The van der Waals surface area contributed by atoms with E-state index in [2.05, 4.69) is 52.8 Å². The molecule has 28 heavy (non-hydrogen) atoms. The Bertz CT molecular complexity index is 815. The van der Waals surface area contributed by atoms with Crippen molar-refractivity contribution >= 4 is 6.03 Å². The van der Waals surface area contributed by atoms with Crippen molar-refractivity contribution in [1.82, 2.24) is 15.5 Å². The van der Waals surface area contributed by atoms with Gasteiger partial charge in [0.1, 0.15) is 12.4 Å². The van der Waals surface area contributed by atoms with Crippen LogP contribution in [0, 0.1) is 6.92 Å². The van der Waals surface area contributed by atoms with Crippen LogP contribution in [0.15, 0.2) is 48.5 Å². The fraction of sp³-hybridized carbons (Fsp3) is 0.435. The van der Waals surface area contributed by atoms with Crippen molar-refractivity contribution in [1.29, 1.82) is 0 Å². The predicted molar refractivity (Wildman–Crippen MR) is 111 cm³/mol. The summed E-state index contributed by atoms with van der Waals surface area (Å²) in [5.74, 6) is 0.932. The van der Waals surface area contributed by atoms with Gasteiger partial charge in [-0.2, -0.15) is 0 Å². The number of piperidine rings is 1. The molecule has 2 aliphatic heterocycles. The van der Waals surface area contributed by atoms with Gasteiger partial charge in [-0.05, 0) is 43.4 Å². The number of fused-ring (bicyclic) bond motifs is 1. The first-order valence-electron chi connectivity index (χ1n) is 10.2. The summed E-state index contributed by atoms with van der Waals surface area (Å²) >= 11 is 0. The Morgan fingerprint density at radius 3 is 2.68 bits per heavy atom. The molecule has 0 unspecified atom stereocenters. The van der Waals surface area contributed by atoms with Crippen molar-refractivity contribution in [3.8, 4) is 5.75 Å². The van der Waals surface area contributed by atoms with Crippen LogP contribution >= 0.6 is 0 Å². The van der Waals surface area contributed by atoms with Crippen LogP contribution < -0.4 is 15.4 Å². The number of hydrogen-bond donors (Lipinski definition) is 2. The second kappa shape index (κ2) is 8.65. The predicted octanol–water partition coefficient (Wildman–Crippen LogP) is 3.26. The normalized spacial score (nSPS) is 20.1. The molecule has 1 fully saturated rings. The van der Waals surface area contributed by atoms with Gasteiger partial charge in [0.25, 0.3) is 0 Å². The summed E-state index contributed by atoms with van der Waals surface area (Å²) in [6.07, 6.45) is 2.80. The van der Waals surface area contributed by atoms with Crippen molar-refractivity contribution in [2.45, 2.75) is 44.8 Å². The summed E-state index contributed by atoms with van der Waals surface area (Å²) in [4.78, 5) is 14.9. The van der Waals surface area contributed by atoms with Gasteiger partial charge in [0.2, 0.25) is 0 Å². The molecule has 4 rings (SSSR count). The minimum absolute atomic E-state index is 0.0244. The maximum Gasteiger partial charge on any atom is 0.315 e. The Labute approximate surface area is 167 Å². The maximum absolute atomic E-state index is 12.4. The average molecular weight is 380 g/mol. The van der Waals surface area contributed by atoms with E-state index in [4.69, 9.17) is 4.74 Å². The molecule has 5 heteroatoms. The molecule has 2 aliphatic rings. The fourth-order valence-corrected chi connectivity index (χ4v) is 4.14. The number of ether oxygens (including phenoxy) is 1. The Balaban J connectivity index is 1.20. The highest BCUT2D eigenvalue weighted by atomic mass is 16.5. The standard InChI is InChI=1S/C23H29N3O2/c1-17-5-4-6-18(13-17)15-26-11-9-20(10-12-26)24-23(27)25-21-14-19-7-2-3-8-22(19)28-16-21/h2-8,13,20-21H,9-12,14-16H2,1H3,(H2,24,25,27)/t21-/m1/s1. The topological polar surface area (TPSA) is 53.6 Å². The first kappa shape index (κ1) is 18.8. The third kappa shape index (κ3) is 4.84. The first-order chi connectivity index (χ1) is 13.7. The number of likely N-dealkylation sites (tertiary alicyclic amines) is 1. The highest BCUT2D eigenvalue weighted by molar-refractivity contribution is 5.74. The van der Waals surface area contributed by atoms with Crippen LogP contribution in [0.2, 0.25) is 0 Å². The van der Waals surface area contributed by atoms with E-state index in [0.717, 1.165) is 50.2 Å². The van der Waals surface area contributed by atoms with Crippen molar-refractivity contribution in [2.24, 2.45) is 0 Å². The minimum atomic E-state index is -0.0786. The second-order valence-electron chi connectivity index (χ2n) is 7.98. The number of carbonyl (C=O) groups is 1. The molecule has 2 aromatic carbocycles. The molecule has 0 radical (unpaired) electrons. The number of aryl methyl sites for hydroxylation is 1. The number of nitrogens with zero attached hydrogens (tertiary/aromatic N) is 1. The van der Waals surface area contributed by atoms with E-state index in [1.54, 1.807) is 0 Å². The van der Waals surface area contributed by atoms with Crippen LogP contribution in [0.5, 0.6) is 5.75 Å². The Morgan fingerprint density at radius 1 is 1.07 bits per heavy atom. The number of urea groups is 1. The van der Waals surface area contributed by atoms with Crippen LogP contribution in [-0.2, 0) is 13.0 Å². The van der Waals surface area contributed by atoms with Gasteiger partial charge < -0.3 is 15.4 Å². The number of para-hydroxylation sites is 1. The third-order valence-electron chi connectivity index (χ3n) is 5.63. The number of hydrogen-bond acceptors (Lipinski definition) is 3. The molecule has 2 aromatic rings. The molecule has 2 N–H and O–H groups in total. The SMILES string of the molecule is Cc1cccc(CN2CCC(NC(=O)N[C@H]3COc4ccccc4C3)CC2)c1. The Morgan fingerprint density at radius 2 is 1.86 bits per heavy atom. The Kier molecular flexibility index (Phi) is 5.81. The molecule has 0 spiro atoms. The summed E-state index contributed by atoms with van der Waals surface area (Å²) in [7, 11) is 0. The molecule has 2 heterocycles. The summed E-state index contributed by atoms with van der Waals surface area (Å²) in [6.45, 7) is 5.67. The molecule has 2 amide bonds. The summed E-state index contributed by atoms with van der Waals surface area (Å²) in [5, 5.41) is 6.23. The summed E-state index contributed by atoms with van der Waals surface area (Å²) < 4.78 is 5.76. The van der Waals surface area contributed by atoms with E-state index in [-0.39, 0.29) is 18.1 Å². The second-order valence-corrected chi connectivity index (χ2v) is 7.98. The van der Waals surface area contributed by atoms with Gasteiger partial charge in [-0.15, -0.1) is 0 Å². The highest BCUT2D eigenvalue weighted by Gasteiger charge is 2.24. The van der Waals surface area contributed by atoms with Gasteiger partial charge in [0.15, 0.2) is 0 Å². The number of carbonyl (C=O) groups excluding carboxylic acids is 1. The fourth-order valence-electron chi connectivity index (χ4n) is 4.14. The molecule has 0 bridgehead atoms. The zero-order valence-electron chi connectivity index (χ0n) is 16.5. The first-order valence-corrected chi connectivity index (χ1v) is 10.2. The lowest BCUT2D eigenvalue weighted by atomic mass is 10.0. The van der Waals surface area contributed by atoms with E-state index in [1.807, 2.05) is 18.2 Å². The summed E-state index contributed by atoms with van der Waals surface area (Å²) in [6, 6.07) is 16.9. The molecular weight excluding hydrogens is 350 g/mol. The van der Waals surface area contributed by atoms with Crippen LogP contribution in [-0.4, -0.2) is 42.7 Å². The lowest BCUT2D eigenvalue weighted by Gasteiger charge is -2.33. The van der Waals surface area contributed by atoms with Gasteiger partial charge in [-0.25, -0.2) is 4.79 Å². The maximum atomic E-state index is 12.4. The zero-order chi connectivity index (χ0) is 19.3. The quantitative estimate of drug-likeness (QED) is 0.857. The molecule has 0 saturated carbocycles. The Hall–Kier alpha value is -2.53. The van der Waals surface area contributed by atoms with Gasteiger partial charge in [0, 0.05) is 25.7 Å². The van der Waals surface area contributed by atoms with Crippen LogP contribution in [0.25, 0.3) is 0 Å². The van der Waals surface area contributed by atoms with E-state index in [0.29, 0.717) is 6.61 Å². The van der Waals surface area contributed by atoms with E-state index < -0.39 is 0 Å². The molecule has 0 aromatic heterocycles. The highest BCUT2D eigenvalue weighted by Crippen LogP contribution is 2.23. The minimum Gasteiger partial charge on any atom is -0.491 e. The van der Waals surface area contributed by atoms with Crippen molar-refractivity contribution in [2.75, 3.05) is 19.7 Å². The van der Waals surface area contributed by atoms with Crippen LogP contribution in [0.1, 0.15) is 29.5 Å². The molecule has 1 saturated heterocycles. The molecule has 0 aliphatic carbocycles. The molecule has 1 atom stereocenters. The molecule has 148 valence electrons. The zero-order valence-corrected chi connectivity index (χ0v) is 16.5. The van der Waals surface area contributed by atoms with Gasteiger partial charge in [0.05, 0.1) is 6.04 Å². The van der Waals surface area contributed by atoms with E-state index in [1.165, 1.54) is 11.1 Å². The third-order valence-corrected chi connectivity index (χ3v) is 5.63.